The highest BCUT2D eigenvalue weighted by molar-refractivity contribution is 7.90. The number of nitrogens with two attached hydrogens (primary N) is 1. The van der Waals surface area contributed by atoms with E-state index in [1.54, 1.807) is 55.8 Å². The number of hydrogen-bond acceptors (Lipinski definition) is 22. The molecule has 5 N–H and O–H groups in total. The van der Waals surface area contributed by atoms with E-state index >= 15 is 0 Å². The standard InChI is InChI=1S/C27H28ClN7O3S.C17H25N3O3.C14H11Cl2N5O2S.6H2.3H/c1-38-23-10-18(35-15-27(16-35)13-29-14-27)4-3-17(23)9-24-32-11-20(28)26(34-24)33-21-5-6-22-25(31-8-7-30-22)19(21)12-39(2,36)37;1-16(2,3)23-15(21)20-10-17(11-20)8-19(9-17)12-5-6-13(18)14(7-12)22-4;1-24(22,23)7-8-10(2-3-11-12(8)18-5-4-17-11)20-13-9(15)6-19-14(16)21-13;;;;;;;;;/h3-8,10-11,29H,9,12-16H2,1-2H3,(H,32,33,34);5-7H,8-11,18H2,1-4H3;2-6H,7H2,1H3,(H,19,20,21);6*1H;;;/q;;;;;;;;;3*-1/i;;;5*1+1D;4*1+1. The third kappa shape index (κ3) is 14.4. The van der Waals surface area contributed by atoms with Crippen molar-refractivity contribution >= 4 is 123 Å². The van der Waals surface area contributed by atoms with E-state index in [9.17, 15) is 21.6 Å². The van der Waals surface area contributed by atoms with Gasteiger partial charge in [-0.3, -0.25) is 19.9 Å². The molecule has 4 saturated heterocycles. The fourth-order valence-electron chi connectivity index (χ4n) is 10.7. The van der Waals surface area contributed by atoms with Gasteiger partial charge >= 0.3 is 6.09 Å². The zero-order valence-corrected chi connectivity index (χ0v) is 52.1. The van der Waals surface area contributed by atoms with Gasteiger partial charge in [0.25, 0.3) is 0 Å². The van der Waals surface area contributed by atoms with Crippen LogP contribution in [0.4, 0.5) is 44.9 Å². The minimum atomic E-state index is -3.36. The van der Waals surface area contributed by atoms with Crippen LogP contribution in [-0.2, 0) is 42.3 Å². The fraction of sp³-hybridized carbons (Fsp3) is 0.362. The summed E-state index contributed by atoms with van der Waals surface area (Å²) in [5, 5.41) is 10.2. The van der Waals surface area contributed by atoms with Crippen LogP contribution < -0.4 is 41.0 Å². The zero-order valence-electron chi connectivity index (χ0n) is 61.2. The molecule has 8 heterocycles. The molecule has 470 valence electrons. The van der Waals surface area contributed by atoms with Crippen LogP contribution in [0.2, 0.25) is 15.3 Å². The maximum atomic E-state index is 12.2. The Balaban J connectivity index is 0.000000720. The predicted molar refractivity (Wildman–Crippen MR) is 351 cm³/mol. The van der Waals surface area contributed by atoms with Crippen LogP contribution in [0.3, 0.4) is 0 Å². The smallest absolute Gasteiger partial charge is 0.410 e. The molecule has 28 heteroatoms. The van der Waals surface area contributed by atoms with Gasteiger partial charge in [0, 0.05) is 175 Å². The number of sulfone groups is 2. The van der Waals surface area contributed by atoms with Gasteiger partial charge in [0.2, 0.25) is 5.28 Å². The largest absolute Gasteiger partial charge is 1.00 e. The number of rotatable bonds is 14. The van der Waals surface area contributed by atoms with Crippen LogP contribution in [0.5, 0.6) is 11.5 Å². The first-order valence-corrected chi connectivity index (χ1v) is 32.4. The highest BCUT2D eigenvalue weighted by Crippen LogP contribution is 2.44. The summed E-state index contributed by atoms with van der Waals surface area (Å²) in [7, 11) is -3.37. The number of nitrogens with zero attached hydrogens (tertiary/aromatic N) is 11. The average molecular weight is 1300 g/mol. The SMILES string of the molecule is COc1cc(N2CC3(CN(C(=O)OC(C)(C)C)C3)C2)ccc1N.COc1cc(N2CC3(CNC3)C2)ccc1Cc1ncc(Cl)c(Nc2ccc3nccnc3c2CS(C)(=O)=O)n1.CS(=O)(=O)Cc1c(Nc2nc(Cl)ncc2Cl)ccc2nccnc12.[2H-].[2H-].[2H-].[2HH].[2H][2H].[2H][2H].[2H][2H].[2H][2H].[2H][2H]. The fourth-order valence-corrected chi connectivity index (χ4v) is 12.7. The van der Waals surface area contributed by atoms with Crippen molar-refractivity contribution in [3.63, 3.8) is 0 Å². The lowest BCUT2D eigenvalue weighted by molar-refractivity contribution is -0.0453. The van der Waals surface area contributed by atoms with Gasteiger partial charge in [0.15, 0.2) is 31.3 Å². The lowest BCUT2D eigenvalue weighted by Gasteiger charge is -2.60. The van der Waals surface area contributed by atoms with Gasteiger partial charge in [-0.15, -0.1) is 0 Å². The number of ether oxygens (including phenoxy) is 3. The molecule has 86 heavy (non-hydrogen) atoms. The summed E-state index contributed by atoms with van der Waals surface area (Å²) < 4.78 is 114. The highest BCUT2D eigenvalue weighted by Gasteiger charge is 2.54. The Bertz CT molecular complexity index is 4160. The molecule has 0 bridgehead atoms. The van der Waals surface area contributed by atoms with Crippen molar-refractivity contribution in [1.29, 1.82) is 0 Å². The molecule has 12 rings (SSSR count). The van der Waals surface area contributed by atoms with Gasteiger partial charge in [-0.25, -0.2) is 36.6 Å². The molecular weight excluding hydrogens is 1210 g/mol. The number of nitrogen functional groups attached to an aromatic ring is 1. The van der Waals surface area contributed by atoms with Crippen molar-refractivity contribution in [2.75, 3.05) is 105 Å². The van der Waals surface area contributed by atoms with E-state index in [-0.39, 0.29) is 44.8 Å². The van der Waals surface area contributed by atoms with Gasteiger partial charge in [-0.2, -0.15) is 4.98 Å². The molecule has 23 nitrogen and oxygen atoms in total. The van der Waals surface area contributed by atoms with Crippen LogP contribution in [0.15, 0.2) is 97.8 Å². The molecule has 4 aliphatic heterocycles. The van der Waals surface area contributed by atoms with E-state index in [0.29, 0.717) is 84.5 Å². The second-order valence-corrected chi connectivity index (χ2v) is 28.4. The zero-order chi connectivity index (χ0) is 71.3. The first kappa shape index (κ1) is 54.9. The normalized spacial score (nSPS) is 16.1. The molecule has 2 spiro atoms. The van der Waals surface area contributed by atoms with Crippen LogP contribution in [0.25, 0.3) is 22.1 Å². The maximum absolute atomic E-state index is 12.2. The number of nitrogens with one attached hydrogen (secondary N) is 3. The van der Waals surface area contributed by atoms with Crippen molar-refractivity contribution in [1.82, 2.24) is 50.1 Å². The predicted octanol–water partition coefficient (Wildman–Crippen LogP) is 10.5. The van der Waals surface area contributed by atoms with Crippen molar-refractivity contribution in [2.24, 2.45) is 10.8 Å². The monoisotopic (exact) mass is 1300 g/mol. The molecule has 4 fully saturated rings. The minimum Gasteiger partial charge on any atom is -1.00 e. The van der Waals surface area contributed by atoms with Gasteiger partial charge in [-0.1, -0.05) is 29.3 Å². The first-order chi connectivity index (χ1) is 45.8. The van der Waals surface area contributed by atoms with Gasteiger partial charge in [0.05, 0.1) is 65.9 Å². The minimum absolute atomic E-state index is 0. The number of methoxy groups -OCH3 is 2. The lowest BCUT2D eigenvalue weighted by atomic mass is 9.73. The third-order valence-corrected chi connectivity index (χ3v) is 17.1. The van der Waals surface area contributed by atoms with Crippen LogP contribution in [0, 0.1) is 10.8 Å². The van der Waals surface area contributed by atoms with E-state index in [2.05, 4.69) is 83.8 Å². The van der Waals surface area contributed by atoms with Crippen LogP contribution in [0.1, 0.15) is 63.8 Å². The molecular formula is C58H79Cl3N15O8S2-3. The van der Waals surface area contributed by atoms with E-state index in [1.165, 1.54) is 31.0 Å². The molecule has 0 atom stereocenters. The Morgan fingerprint density at radius 2 is 1.19 bits per heavy atom. The van der Waals surface area contributed by atoms with Crippen molar-refractivity contribution in [2.45, 2.75) is 44.3 Å². The topological polar surface area (TPSA) is 288 Å². The summed E-state index contributed by atoms with van der Waals surface area (Å²) >= 11 is 18.3. The number of carbonyl (C=O) groups excluding carboxylic acids is 1. The molecule has 4 aromatic heterocycles. The van der Waals surface area contributed by atoms with Gasteiger partial charge in [0.1, 0.15) is 33.0 Å². The molecule has 1 amide bonds. The summed E-state index contributed by atoms with van der Waals surface area (Å²) in [6, 6.07) is 19.0. The Kier molecular flexibility index (Phi) is 15.7. The van der Waals surface area contributed by atoms with Crippen molar-refractivity contribution in [3.8, 4) is 11.5 Å². The van der Waals surface area contributed by atoms with Crippen molar-refractivity contribution in [3.05, 3.63) is 136 Å². The number of likely N-dealkylation sites (tertiary alicyclic amines) is 1. The molecule has 0 radical (unpaired) electrons. The summed E-state index contributed by atoms with van der Waals surface area (Å²) in [6.07, 6.45) is 11.6. The number of halogens is 3. The molecule has 0 saturated carbocycles. The average Bonchev–Trinajstić information content (AvgIpc) is 0.750. The first-order valence-electron chi connectivity index (χ1n) is 32.1. The van der Waals surface area contributed by atoms with E-state index < -0.39 is 25.3 Å². The number of amides is 1. The third-order valence-electron chi connectivity index (χ3n) is 14.7. The summed E-state index contributed by atoms with van der Waals surface area (Å²) in [5.41, 5.74) is 14.1. The number of carbonyl (C=O) groups is 1. The van der Waals surface area contributed by atoms with Gasteiger partial charge < -0.3 is 54.9 Å². The van der Waals surface area contributed by atoms with E-state index in [4.69, 9.17) is 69.6 Å². The van der Waals surface area contributed by atoms with Gasteiger partial charge in [-0.05, 0) is 74.8 Å². The Morgan fingerprint density at radius 3 is 1.70 bits per heavy atom. The highest BCUT2D eigenvalue weighted by atomic mass is 35.5. The molecule has 4 aromatic carbocycles. The molecule has 8 aromatic rings. The quantitative estimate of drug-likeness (QED) is 0.0581. The second kappa shape index (κ2) is 24.6. The number of benzene rings is 4. The maximum Gasteiger partial charge on any atom is 0.410 e. The van der Waals surface area contributed by atoms with Crippen LogP contribution in [-0.4, -0.2) is 152 Å². The number of fused-ring (bicyclic) bond motifs is 2. The number of hydrogen-bond donors (Lipinski definition) is 4. The van der Waals surface area contributed by atoms with E-state index in [0.717, 1.165) is 81.3 Å². The Hall–Kier alpha value is -7.68. The Labute approximate surface area is 534 Å². The molecule has 4 aliphatic rings. The number of aromatic nitrogens is 8. The van der Waals surface area contributed by atoms with Crippen LogP contribution >= 0.6 is 34.8 Å². The lowest BCUT2D eigenvalue weighted by Crippen LogP contribution is -2.73. The Morgan fingerprint density at radius 1 is 0.686 bits per heavy atom. The second-order valence-electron chi connectivity index (χ2n) is 23.0. The summed E-state index contributed by atoms with van der Waals surface area (Å²) in [4.78, 5) is 52.4. The molecule has 0 unspecified atom stereocenters. The van der Waals surface area contributed by atoms with E-state index in [1.807, 2.05) is 39.0 Å². The number of anilines is 7. The summed E-state index contributed by atoms with van der Waals surface area (Å²) in [6.45, 7) is 13.4. The molecule has 0 aliphatic carbocycles. The summed E-state index contributed by atoms with van der Waals surface area (Å²) in [5.74, 6) is 2.25. The van der Waals surface area contributed by atoms with Crippen molar-refractivity contribution < 1.29 is 56.4 Å².